The lowest BCUT2D eigenvalue weighted by atomic mass is 9.95. The molecule has 0 N–H and O–H groups in total. The lowest BCUT2D eigenvalue weighted by molar-refractivity contribution is -0.139. The van der Waals surface area contributed by atoms with Crippen LogP contribution in [0.5, 0.6) is 5.75 Å². The molecule has 0 saturated heterocycles. The highest BCUT2D eigenvalue weighted by molar-refractivity contribution is 9.10. The van der Waals surface area contributed by atoms with Crippen LogP contribution in [0.2, 0.25) is 0 Å². The molecule has 2 aromatic carbocycles. The van der Waals surface area contributed by atoms with Crippen LogP contribution in [-0.4, -0.2) is 24.3 Å². The first-order valence-corrected chi connectivity index (χ1v) is 14.0. The molecule has 0 fully saturated rings. The smallest absolute Gasteiger partial charge is 0.338 e. The number of esters is 1. The van der Waals surface area contributed by atoms with E-state index in [1.54, 1.807) is 31.6 Å². The third kappa shape index (κ3) is 5.04. The second kappa shape index (κ2) is 10.8. The molecule has 0 unspecified atom stereocenters. The highest BCUT2D eigenvalue weighted by Gasteiger charge is 2.33. The molecule has 200 valence electrons. The van der Waals surface area contributed by atoms with Crippen molar-refractivity contribution in [1.82, 2.24) is 4.57 Å². The molecule has 0 saturated carbocycles. The molecular weight excluding hydrogens is 580 g/mol. The molecule has 0 spiro atoms. The van der Waals surface area contributed by atoms with E-state index in [4.69, 9.17) is 13.9 Å². The number of halogens is 1. The van der Waals surface area contributed by atoms with Crippen molar-refractivity contribution in [3.05, 3.63) is 106 Å². The molecule has 0 aliphatic carbocycles. The molecule has 5 rings (SSSR count). The van der Waals surface area contributed by atoms with Gasteiger partial charge >= 0.3 is 5.97 Å². The van der Waals surface area contributed by atoms with E-state index in [1.807, 2.05) is 62.4 Å². The summed E-state index contributed by atoms with van der Waals surface area (Å²) in [6.07, 6.45) is 1.71. The minimum absolute atomic E-state index is 0.210. The average molecular weight is 608 g/mol. The Labute approximate surface area is 237 Å². The van der Waals surface area contributed by atoms with Gasteiger partial charge in [-0.2, -0.15) is 0 Å². The van der Waals surface area contributed by atoms with Gasteiger partial charge in [0.15, 0.2) is 4.80 Å². The minimum atomic E-state index is -0.715. The lowest BCUT2D eigenvalue weighted by Gasteiger charge is -2.25. The van der Waals surface area contributed by atoms with Crippen LogP contribution in [0.1, 0.15) is 42.3 Å². The summed E-state index contributed by atoms with van der Waals surface area (Å²) in [7, 11) is 1.59. The van der Waals surface area contributed by atoms with Crippen LogP contribution in [0.15, 0.2) is 78.5 Å². The summed E-state index contributed by atoms with van der Waals surface area (Å²) in [4.78, 5) is 32.1. The molecule has 1 aliphatic rings. The number of thiazole rings is 1. The van der Waals surface area contributed by atoms with Gasteiger partial charge in [0.25, 0.3) is 5.56 Å². The van der Waals surface area contributed by atoms with Gasteiger partial charge in [-0.1, -0.05) is 45.5 Å². The third-order valence-electron chi connectivity index (χ3n) is 6.56. The number of allylic oxidation sites excluding steroid dienone is 1. The zero-order valence-corrected chi connectivity index (χ0v) is 24.6. The van der Waals surface area contributed by atoms with Crippen molar-refractivity contribution < 1.29 is 18.7 Å². The number of furan rings is 1. The Morgan fingerprint density at radius 3 is 2.67 bits per heavy atom. The molecule has 1 aliphatic heterocycles. The molecule has 1 atom stereocenters. The van der Waals surface area contributed by atoms with Crippen molar-refractivity contribution in [3.8, 4) is 17.1 Å². The van der Waals surface area contributed by atoms with E-state index >= 15 is 0 Å². The summed E-state index contributed by atoms with van der Waals surface area (Å²) in [5.74, 6) is 1.39. The van der Waals surface area contributed by atoms with Gasteiger partial charge in [0, 0.05) is 16.1 Å². The number of methoxy groups -OCH3 is 1. The predicted octanol–water partition coefficient (Wildman–Crippen LogP) is 5.45. The Hall–Kier alpha value is -3.69. The maximum absolute atomic E-state index is 13.9. The lowest BCUT2D eigenvalue weighted by Crippen LogP contribution is -2.40. The normalized spacial score (nSPS) is 15.2. The van der Waals surface area contributed by atoms with Gasteiger partial charge < -0.3 is 13.9 Å². The van der Waals surface area contributed by atoms with Crippen LogP contribution in [0.4, 0.5) is 0 Å². The molecule has 0 radical (unpaired) electrons. The number of benzene rings is 2. The van der Waals surface area contributed by atoms with Gasteiger partial charge in [0.1, 0.15) is 17.3 Å². The average Bonchev–Trinajstić information content (AvgIpc) is 3.48. The number of aryl methyl sites for hydroxylation is 2. The van der Waals surface area contributed by atoms with Crippen molar-refractivity contribution in [2.45, 2.75) is 33.7 Å². The van der Waals surface area contributed by atoms with Crippen LogP contribution < -0.4 is 19.6 Å². The van der Waals surface area contributed by atoms with Crippen LogP contribution in [0.25, 0.3) is 17.4 Å². The monoisotopic (exact) mass is 606 g/mol. The number of hydrogen-bond acceptors (Lipinski definition) is 7. The Morgan fingerprint density at radius 1 is 1.15 bits per heavy atom. The topological polar surface area (TPSA) is 83.0 Å². The quantitative estimate of drug-likeness (QED) is 0.273. The standard InChI is InChI=1S/C30H27BrN2O5S/c1-6-37-29(35)26-18(4)32-30-33(27(26)19-9-8-17(3)24(14-19)36-5)28(34)25(39-30)15-20-10-12-23(38-20)21-11-7-16(2)13-22(21)31/h7-15,27H,6H2,1-5H3/b25-15+/t27-/m1/s1. The molecule has 7 nitrogen and oxygen atoms in total. The molecule has 0 amide bonds. The van der Waals surface area contributed by atoms with Crippen LogP contribution in [0, 0.1) is 13.8 Å². The van der Waals surface area contributed by atoms with Gasteiger partial charge in [-0.25, -0.2) is 9.79 Å². The van der Waals surface area contributed by atoms with Crippen LogP contribution >= 0.6 is 27.3 Å². The number of rotatable bonds is 6. The van der Waals surface area contributed by atoms with Gasteiger partial charge in [-0.15, -0.1) is 0 Å². The number of fused-ring (bicyclic) bond motifs is 1. The molecule has 39 heavy (non-hydrogen) atoms. The number of ether oxygens (including phenoxy) is 2. The number of aromatic nitrogens is 1. The van der Waals surface area contributed by atoms with E-state index in [0.717, 1.165) is 26.7 Å². The Kier molecular flexibility index (Phi) is 7.46. The van der Waals surface area contributed by atoms with Crippen molar-refractivity contribution in [2.24, 2.45) is 4.99 Å². The van der Waals surface area contributed by atoms with Gasteiger partial charge in [-0.3, -0.25) is 9.36 Å². The van der Waals surface area contributed by atoms with E-state index in [0.29, 0.717) is 37.9 Å². The Bertz CT molecular complexity index is 1810. The predicted molar refractivity (Wildman–Crippen MR) is 155 cm³/mol. The van der Waals surface area contributed by atoms with Gasteiger partial charge in [0.2, 0.25) is 0 Å². The number of hydrogen-bond donors (Lipinski definition) is 0. The maximum atomic E-state index is 13.9. The number of carbonyl (C=O) groups is 1. The molecule has 0 bridgehead atoms. The first-order valence-electron chi connectivity index (χ1n) is 12.4. The second-order valence-corrected chi connectivity index (χ2v) is 11.1. The van der Waals surface area contributed by atoms with Crippen molar-refractivity contribution in [3.63, 3.8) is 0 Å². The Morgan fingerprint density at radius 2 is 1.95 bits per heavy atom. The fourth-order valence-corrected chi connectivity index (χ4v) is 6.35. The van der Waals surface area contributed by atoms with E-state index in [-0.39, 0.29) is 12.2 Å². The minimum Gasteiger partial charge on any atom is -0.496 e. The van der Waals surface area contributed by atoms with Crippen LogP contribution in [0.3, 0.4) is 0 Å². The zero-order valence-electron chi connectivity index (χ0n) is 22.2. The largest absolute Gasteiger partial charge is 0.496 e. The number of nitrogens with zero attached hydrogens (tertiary/aromatic N) is 2. The van der Waals surface area contributed by atoms with Crippen LogP contribution in [-0.2, 0) is 9.53 Å². The Balaban J connectivity index is 1.65. The maximum Gasteiger partial charge on any atom is 0.338 e. The van der Waals surface area contributed by atoms with Crippen molar-refractivity contribution in [2.75, 3.05) is 13.7 Å². The molecule has 3 heterocycles. The molecule has 2 aromatic heterocycles. The molecular formula is C30H27BrN2O5S. The summed E-state index contributed by atoms with van der Waals surface area (Å²) in [6, 6.07) is 14.7. The summed E-state index contributed by atoms with van der Waals surface area (Å²) < 4.78 is 19.9. The first kappa shape index (κ1) is 26.9. The van der Waals surface area contributed by atoms with Crippen molar-refractivity contribution in [1.29, 1.82) is 0 Å². The first-order chi connectivity index (χ1) is 18.7. The van der Waals surface area contributed by atoms with E-state index in [1.165, 1.54) is 11.3 Å². The summed E-state index contributed by atoms with van der Waals surface area (Å²) in [5, 5.41) is 0. The SMILES string of the molecule is CCOC(=O)C1=C(C)N=c2s/c(=C/c3ccc(-c4ccc(C)cc4Br)o3)c(=O)n2[C@@H]1c1ccc(C)c(OC)c1. The van der Waals surface area contributed by atoms with Crippen molar-refractivity contribution >= 4 is 39.3 Å². The second-order valence-electron chi connectivity index (χ2n) is 9.22. The fourth-order valence-electron chi connectivity index (χ4n) is 4.64. The summed E-state index contributed by atoms with van der Waals surface area (Å²) in [5.41, 5.74) is 4.29. The summed E-state index contributed by atoms with van der Waals surface area (Å²) in [6.45, 7) is 7.69. The highest BCUT2D eigenvalue weighted by Crippen LogP contribution is 2.34. The third-order valence-corrected chi connectivity index (χ3v) is 8.19. The summed E-state index contributed by atoms with van der Waals surface area (Å²) >= 11 is 4.85. The van der Waals surface area contributed by atoms with Gasteiger partial charge in [0.05, 0.1) is 35.6 Å². The van der Waals surface area contributed by atoms with E-state index in [2.05, 4.69) is 20.9 Å². The van der Waals surface area contributed by atoms with E-state index < -0.39 is 12.0 Å². The molecule has 9 heteroatoms. The molecule has 4 aromatic rings. The number of carbonyl (C=O) groups excluding carboxylic acids is 1. The zero-order chi connectivity index (χ0) is 27.8. The fraction of sp³-hybridized carbons (Fsp3) is 0.233. The highest BCUT2D eigenvalue weighted by atomic mass is 79.9. The van der Waals surface area contributed by atoms with E-state index in [9.17, 15) is 9.59 Å². The van der Waals surface area contributed by atoms with Gasteiger partial charge in [-0.05, 0) is 74.7 Å².